The molecule has 0 heterocycles. The summed E-state index contributed by atoms with van der Waals surface area (Å²) in [5.74, 6) is 0.338. The van der Waals surface area contributed by atoms with Gasteiger partial charge in [-0.05, 0) is 42.5 Å². The number of aliphatic hydroxyl groups is 1. The molecule has 1 aliphatic carbocycles. The third-order valence-electron chi connectivity index (χ3n) is 3.32. The molecule has 16 heavy (non-hydrogen) atoms. The van der Waals surface area contributed by atoms with Crippen LogP contribution in [-0.4, -0.2) is 11.2 Å². The zero-order valence-electron chi connectivity index (χ0n) is 8.87. The smallest absolute Gasteiger partial charge is 0.0761 e. The molecule has 88 valence electrons. The highest BCUT2D eigenvalue weighted by molar-refractivity contribution is 9.10. The predicted octanol–water partition coefficient (Wildman–Crippen LogP) is 3.26. The quantitative estimate of drug-likeness (QED) is 0.900. The Morgan fingerprint density at radius 3 is 2.69 bits per heavy atom. The van der Waals surface area contributed by atoms with Gasteiger partial charge in [0, 0.05) is 9.50 Å². The summed E-state index contributed by atoms with van der Waals surface area (Å²) < 4.78 is 0.933. The fourth-order valence-corrected chi connectivity index (χ4v) is 2.65. The highest BCUT2D eigenvalue weighted by atomic mass is 79.9. The first-order valence-electron chi connectivity index (χ1n) is 5.48. The third-order valence-corrected chi connectivity index (χ3v) is 4.16. The Labute approximate surface area is 109 Å². The van der Waals surface area contributed by atoms with E-state index in [4.69, 9.17) is 17.3 Å². The van der Waals surface area contributed by atoms with Gasteiger partial charge in [0.05, 0.1) is 12.1 Å². The number of benzene rings is 1. The largest absolute Gasteiger partial charge is 0.391 e. The molecule has 2 rings (SSSR count). The molecule has 0 bridgehead atoms. The van der Waals surface area contributed by atoms with Gasteiger partial charge in [-0.25, -0.2) is 0 Å². The topological polar surface area (TPSA) is 46.2 Å². The van der Waals surface area contributed by atoms with Gasteiger partial charge in [-0.1, -0.05) is 34.0 Å². The Balaban J connectivity index is 2.18. The number of nitrogens with two attached hydrogens (primary N) is 1. The van der Waals surface area contributed by atoms with Gasteiger partial charge in [0.1, 0.15) is 0 Å². The third kappa shape index (κ3) is 2.43. The Hall–Kier alpha value is -0.0900. The van der Waals surface area contributed by atoms with Gasteiger partial charge < -0.3 is 10.8 Å². The van der Waals surface area contributed by atoms with Crippen molar-refractivity contribution < 1.29 is 5.11 Å². The van der Waals surface area contributed by atoms with Crippen molar-refractivity contribution in [3.63, 3.8) is 0 Å². The summed E-state index contributed by atoms with van der Waals surface area (Å²) in [6.45, 7) is 0. The highest BCUT2D eigenvalue weighted by Gasteiger charge is 2.31. The Bertz CT molecular complexity index is 381. The molecule has 2 nitrogen and oxygen atoms in total. The summed E-state index contributed by atoms with van der Waals surface area (Å²) in [6, 6.07) is 5.16. The van der Waals surface area contributed by atoms with E-state index in [0.29, 0.717) is 10.9 Å². The van der Waals surface area contributed by atoms with Crippen molar-refractivity contribution in [1.82, 2.24) is 0 Å². The van der Waals surface area contributed by atoms with Crippen LogP contribution in [0.4, 0.5) is 0 Å². The number of hydrogen-bond acceptors (Lipinski definition) is 2. The van der Waals surface area contributed by atoms with E-state index in [1.807, 2.05) is 12.1 Å². The van der Waals surface area contributed by atoms with Crippen LogP contribution in [0, 0.1) is 5.92 Å². The van der Waals surface area contributed by atoms with Gasteiger partial charge in [0.2, 0.25) is 0 Å². The minimum absolute atomic E-state index is 0.338. The van der Waals surface area contributed by atoms with Gasteiger partial charge in [-0.15, -0.1) is 0 Å². The van der Waals surface area contributed by atoms with E-state index in [0.717, 1.165) is 22.9 Å². The molecular formula is C12H15BrClNO. The van der Waals surface area contributed by atoms with Crippen molar-refractivity contribution in [2.75, 3.05) is 0 Å². The molecule has 1 saturated carbocycles. The van der Waals surface area contributed by atoms with E-state index in [1.165, 1.54) is 6.42 Å². The Kier molecular flexibility index (Phi) is 3.90. The normalized spacial score (nSPS) is 20.2. The van der Waals surface area contributed by atoms with Gasteiger partial charge in [-0.2, -0.15) is 0 Å². The van der Waals surface area contributed by atoms with Crippen LogP contribution in [0.2, 0.25) is 5.02 Å². The van der Waals surface area contributed by atoms with E-state index in [9.17, 15) is 5.11 Å². The van der Waals surface area contributed by atoms with Crippen LogP contribution in [0.5, 0.6) is 0 Å². The maximum atomic E-state index is 10.1. The van der Waals surface area contributed by atoms with Crippen LogP contribution >= 0.6 is 27.5 Å². The summed E-state index contributed by atoms with van der Waals surface area (Å²) >= 11 is 9.48. The average molecular weight is 305 g/mol. The minimum atomic E-state index is -0.486. The monoisotopic (exact) mass is 303 g/mol. The summed E-state index contributed by atoms with van der Waals surface area (Å²) in [5.41, 5.74) is 6.88. The van der Waals surface area contributed by atoms with Crippen LogP contribution in [0.1, 0.15) is 30.9 Å². The molecule has 0 spiro atoms. The van der Waals surface area contributed by atoms with Crippen molar-refractivity contribution in [2.24, 2.45) is 11.7 Å². The molecule has 3 N–H and O–H groups in total. The number of halogens is 2. The minimum Gasteiger partial charge on any atom is -0.391 e. The molecule has 0 saturated heterocycles. The molecule has 2 atom stereocenters. The van der Waals surface area contributed by atoms with Gasteiger partial charge in [-0.3, -0.25) is 0 Å². The zero-order chi connectivity index (χ0) is 11.7. The second-order valence-electron chi connectivity index (χ2n) is 4.37. The Morgan fingerprint density at radius 2 is 2.12 bits per heavy atom. The molecule has 1 aromatic rings. The fraction of sp³-hybridized carbons (Fsp3) is 0.500. The number of rotatable bonds is 3. The molecule has 0 amide bonds. The van der Waals surface area contributed by atoms with Gasteiger partial charge >= 0.3 is 0 Å². The summed E-state index contributed by atoms with van der Waals surface area (Å²) in [4.78, 5) is 0. The fourth-order valence-electron chi connectivity index (χ4n) is 2.03. The summed E-state index contributed by atoms with van der Waals surface area (Å²) in [6.07, 6.45) is 2.85. The molecule has 1 aromatic carbocycles. The second-order valence-corrected chi connectivity index (χ2v) is 5.70. The van der Waals surface area contributed by atoms with Gasteiger partial charge in [0.25, 0.3) is 0 Å². The van der Waals surface area contributed by atoms with Crippen LogP contribution in [-0.2, 0) is 0 Å². The van der Waals surface area contributed by atoms with Crippen LogP contribution in [0.3, 0.4) is 0 Å². The van der Waals surface area contributed by atoms with E-state index in [1.54, 1.807) is 6.07 Å². The first-order chi connectivity index (χ1) is 7.59. The molecule has 1 aliphatic rings. The molecule has 1 fully saturated rings. The van der Waals surface area contributed by atoms with Crippen LogP contribution in [0.15, 0.2) is 22.7 Å². The first-order valence-corrected chi connectivity index (χ1v) is 6.65. The van der Waals surface area contributed by atoms with Gasteiger partial charge in [0.15, 0.2) is 0 Å². The lowest BCUT2D eigenvalue weighted by molar-refractivity contribution is 0.0414. The van der Waals surface area contributed by atoms with E-state index < -0.39 is 12.1 Å². The van der Waals surface area contributed by atoms with Crippen molar-refractivity contribution in [1.29, 1.82) is 0 Å². The van der Waals surface area contributed by atoms with Crippen LogP contribution < -0.4 is 5.73 Å². The van der Waals surface area contributed by atoms with Crippen molar-refractivity contribution >= 4 is 27.5 Å². The van der Waals surface area contributed by atoms with E-state index >= 15 is 0 Å². The Morgan fingerprint density at radius 1 is 1.44 bits per heavy atom. The zero-order valence-corrected chi connectivity index (χ0v) is 11.2. The van der Waals surface area contributed by atoms with Crippen LogP contribution in [0.25, 0.3) is 0 Å². The van der Waals surface area contributed by atoms with Crippen molar-refractivity contribution in [3.8, 4) is 0 Å². The standard InChI is InChI=1S/C12H15BrClNO/c13-8-4-5-10(14)9(6-8)11(15)12(16)7-2-1-3-7/h4-7,11-12,16H,1-3,15H2/t11-,12+/m0/s1. The molecule has 0 unspecified atom stereocenters. The molecule has 0 aliphatic heterocycles. The number of aliphatic hydroxyl groups excluding tert-OH is 1. The van der Waals surface area contributed by atoms with Crippen molar-refractivity contribution in [2.45, 2.75) is 31.4 Å². The second kappa shape index (κ2) is 5.05. The average Bonchev–Trinajstić information content (AvgIpc) is 2.18. The maximum Gasteiger partial charge on any atom is 0.0761 e. The molecule has 0 aromatic heterocycles. The first kappa shape index (κ1) is 12.4. The maximum absolute atomic E-state index is 10.1. The lowest BCUT2D eigenvalue weighted by Gasteiger charge is -2.34. The highest BCUT2D eigenvalue weighted by Crippen LogP contribution is 2.36. The van der Waals surface area contributed by atoms with Crippen molar-refractivity contribution in [3.05, 3.63) is 33.3 Å². The number of hydrogen-bond donors (Lipinski definition) is 2. The SMILES string of the molecule is N[C@@H](c1cc(Br)ccc1Cl)[C@H](O)C1CCC1. The lowest BCUT2D eigenvalue weighted by atomic mass is 9.77. The summed E-state index contributed by atoms with van der Waals surface area (Å²) in [7, 11) is 0. The molecule has 4 heteroatoms. The lowest BCUT2D eigenvalue weighted by Crippen LogP contribution is -2.36. The van der Waals surface area contributed by atoms with E-state index in [-0.39, 0.29) is 0 Å². The summed E-state index contributed by atoms with van der Waals surface area (Å²) in [5, 5.41) is 10.7. The van der Waals surface area contributed by atoms with E-state index in [2.05, 4.69) is 15.9 Å². The molecule has 0 radical (unpaired) electrons. The molecular weight excluding hydrogens is 289 g/mol. The predicted molar refractivity (Wildman–Crippen MR) is 69.4 cm³/mol.